The normalized spacial score (nSPS) is 16.2. The summed E-state index contributed by atoms with van der Waals surface area (Å²) in [6, 6.07) is 14.5. The first-order valence-corrected chi connectivity index (χ1v) is 11.7. The van der Waals surface area contributed by atoms with Gasteiger partial charge in [-0.3, -0.25) is 9.69 Å². The maximum Gasteiger partial charge on any atom is 0.243 e. The first-order valence-electron chi connectivity index (χ1n) is 9.50. The molecular weight excluding hydrogens is 440 g/mol. The Kier molecular flexibility index (Phi) is 7.04. The number of Topliss-reactive ketones (excluding diaryl/α,β-unsaturated/α-hetero) is 1. The van der Waals surface area contributed by atoms with Gasteiger partial charge in [-0.05, 0) is 36.2 Å². The van der Waals surface area contributed by atoms with Crippen LogP contribution in [0.5, 0.6) is 0 Å². The smallest absolute Gasteiger partial charge is 0.243 e. The molecule has 0 aliphatic carbocycles. The van der Waals surface area contributed by atoms with Gasteiger partial charge in [0, 0.05) is 49.2 Å². The van der Waals surface area contributed by atoms with Gasteiger partial charge in [-0.15, -0.1) is 0 Å². The molecule has 0 spiro atoms. The number of carbonyl (C=O) groups is 1. The molecule has 5 nitrogen and oxygen atoms in total. The third-order valence-electron chi connectivity index (χ3n) is 4.92. The van der Waals surface area contributed by atoms with E-state index in [4.69, 9.17) is 0 Å². The van der Waals surface area contributed by atoms with Crippen LogP contribution in [-0.4, -0.2) is 49.6 Å². The summed E-state index contributed by atoms with van der Waals surface area (Å²) in [5.74, 6) is 0.0487. The number of rotatable bonds is 7. The predicted octanol–water partition coefficient (Wildman–Crippen LogP) is 3.94. The van der Waals surface area contributed by atoms with Gasteiger partial charge in [0.15, 0.2) is 5.78 Å². The van der Waals surface area contributed by atoms with Crippen LogP contribution in [-0.2, 0) is 16.6 Å². The minimum atomic E-state index is -3.53. The Morgan fingerprint density at radius 3 is 2.32 bits per heavy atom. The zero-order valence-corrected chi connectivity index (χ0v) is 18.4. The molecule has 1 fully saturated rings. The number of hydrogen-bond acceptors (Lipinski definition) is 4. The van der Waals surface area contributed by atoms with Crippen LogP contribution in [0.4, 0.5) is 0 Å². The van der Waals surface area contributed by atoms with E-state index in [1.165, 1.54) is 9.87 Å². The Hall–Kier alpha value is -1.54. The molecular formula is C21H25BrN2O3S. The summed E-state index contributed by atoms with van der Waals surface area (Å²) in [4.78, 5) is 14.5. The highest BCUT2D eigenvalue weighted by atomic mass is 79.9. The molecule has 0 unspecified atom stereocenters. The standard InChI is InChI=1S/C21H25BrN2O3S/c1-2-4-21(25)18-7-9-20(10-8-18)28(26,27)24-13-11-23(12-14-24)16-17-5-3-6-19(22)15-17/h3,5-10,15H,2,4,11-14,16H2,1H3. The number of nitrogens with zero attached hydrogens (tertiary/aromatic N) is 2. The van der Waals surface area contributed by atoms with Crippen molar-refractivity contribution in [3.8, 4) is 0 Å². The van der Waals surface area contributed by atoms with Crippen molar-refractivity contribution >= 4 is 31.7 Å². The lowest BCUT2D eigenvalue weighted by atomic mass is 10.1. The third kappa shape index (κ3) is 5.08. The first kappa shape index (κ1) is 21.2. The SMILES string of the molecule is CCCC(=O)c1ccc(S(=O)(=O)N2CCN(Cc3cccc(Br)c3)CC2)cc1. The maximum atomic E-state index is 12.9. The second-order valence-electron chi connectivity index (χ2n) is 7.01. The summed E-state index contributed by atoms with van der Waals surface area (Å²) in [7, 11) is -3.53. The lowest BCUT2D eigenvalue weighted by molar-refractivity contribution is 0.0981. The van der Waals surface area contributed by atoms with E-state index in [1.54, 1.807) is 24.3 Å². The average Bonchev–Trinajstić information content (AvgIpc) is 2.69. The lowest BCUT2D eigenvalue weighted by Crippen LogP contribution is -2.48. The van der Waals surface area contributed by atoms with Crippen LogP contribution < -0.4 is 0 Å². The van der Waals surface area contributed by atoms with Crippen molar-refractivity contribution in [2.45, 2.75) is 31.2 Å². The summed E-state index contributed by atoms with van der Waals surface area (Å²) >= 11 is 3.48. The molecule has 1 aliphatic rings. The van der Waals surface area contributed by atoms with E-state index < -0.39 is 10.0 Å². The van der Waals surface area contributed by atoms with Crippen molar-refractivity contribution < 1.29 is 13.2 Å². The van der Waals surface area contributed by atoms with E-state index >= 15 is 0 Å². The van der Waals surface area contributed by atoms with E-state index in [1.807, 2.05) is 19.1 Å². The average molecular weight is 465 g/mol. The predicted molar refractivity (Wildman–Crippen MR) is 114 cm³/mol. The molecule has 0 amide bonds. The van der Waals surface area contributed by atoms with Crippen molar-refractivity contribution in [1.29, 1.82) is 0 Å². The van der Waals surface area contributed by atoms with Crippen molar-refractivity contribution in [3.63, 3.8) is 0 Å². The number of ketones is 1. The van der Waals surface area contributed by atoms with Crippen LogP contribution >= 0.6 is 15.9 Å². The van der Waals surface area contributed by atoms with Gasteiger partial charge in [0.2, 0.25) is 10.0 Å². The van der Waals surface area contributed by atoms with Gasteiger partial charge >= 0.3 is 0 Å². The van der Waals surface area contributed by atoms with E-state index in [0.717, 1.165) is 17.4 Å². The Morgan fingerprint density at radius 2 is 1.71 bits per heavy atom. The second kappa shape index (κ2) is 9.31. The van der Waals surface area contributed by atoms with Crippen molar-refractivity contribution in [1.82, 2.24) is 9.21 Å². The maximum absolute atomic E-state index is 12.9. The van der Waals surface area contributed by atoms with Gasteiger partial charge in [-0.2, -0.15) is 4.31 Å². The Labute approximate surface area is 175 Å². The zero-order chi connectivity index (χ0) is 20.1. The lowest BCUT2D eigenvalue weighted by Gasteiger charge is -2.34. The van der Waals surface area contributed by atoms with Crippen molar-refractivity contribution in [2.75, 3.05) is 26.2 Å². The highest BCUT2D eigenvalue weighted by Gasteiger charge is 2.28. The monoisotopic (exact) mass is 464 g/mol. The topological polar surface area (TPSA) is 57.7 Å². The Morgan fingerprint density at radius 1 is 1.04 bits per heavy atom. The van der Waals surface area contributed by atoms with Gasteiger partial charge in [-0.25, -0.2) is 8.42 Å². The zero-order valence-electron chi connectivity index (χ0n) is 16.0. The summed E-state index contributed by atoms with van der Waals surface area (Å²) in [5, 5.41) is 0. The van der Waals surface area contributed by atoms with E-state index in [2.05, 4.69) is 33.0 Å². The number of halogens is 1. The third-order valence-corrected chi connectivity index (χ3v) is 7.32. The summed E-state index contributed by atoms with van der Waals surface area (Å²) in [6.45, 7) is 5.08. The number of benzene rings is 2. The van der Waals surface area contributed by atoms with E-state index in [-0.39, 0.29) is 10.7 Å². The van der Waals surface area contributed by atoms with Crippen LogP contribution in [0, 0.1) is 0 Å². The summed E-state index contributed by atoms with van der Waals surface area (Å²) in [5.41, 5.74) is 1.78. The molecule has 1 heterocycles. The van der Waals surface area contributed by atoms with Crippen LogP contribution in [0.15, 0.2) is 57.9 Å². The Balaban J connectivity index is 1.62. The minimum absolute atomic E-state index is 0.0487. The van der Waals surface area contributed by atoms with Crippen LogP contribution in [0.3, 0.4) is 0 Å². The first-order chi connectivity index (χ1) is 13.4. The van der Waals surface area contributed by atoms with Gasteiger partial charge in [0.1, 0.15) is 0 Å². The van der Waals surface area contributed by atoms with E-state index in [9.17, 15) is 13.2 Å². The fourth-order valence-electron chi connectivity index (χ4n) is 3.35. The number of hydrogen-bond donors (Lipinski definition) is 0. The molecule has 150 valence electrons. The fourth-order valence-corrected chi connectivity index (χ4v) is 5.22. The molecule has 0 atom stereocenters. The van der Waals surface area contributed by atoms with Gasteiger partial charge in [0.25, 0.3) is 0 Å². The largest absolute Gasteiger partial charge is 0.296 e. The molecule has 0 N–H and O–H groups in total. The molecule has 28 heavy (non-hydrogen) atoms. The van der Waals surface area contributed by atoms with E-state index in [0.29, 0.717) is 38.2 Å². The molecule has 2 aromatic carbocycles. The van der Waals surface area contributed by atoms with Gasteiger partial charge in [-0.1, -0.05) is 47.1 Å². The molecule has 2 aromatic rings. The fraction of sp³-hybridized carbons (Fsp3) is 0.381. The highest BCUT2D eigenvalue weighted by molar-refractivity contribution is 9.10. The van der Waals surface area contributed by atoms with Gasteiger partial charge < -0.3 is 0 Å². The van der Waals surface area contributed by atoms with Crippen molar-refractivity contribution in [2.24, 2.45) is 0 Å². The van der Waals surface area contributed by atoms with Crippen LogP contribution in [0.25, 0.3) is 0 Å². The molecule has 0 aromatic heterocycles. The molecule has 0 radical (unpaired) electrons. The second-order valence-corrected chi connectivity index (χ2v) is 9.86. The number of sulfonamides is 1. The van der Waals surface area contributed by atoms with Crippen LogP contribution in [0.2, 0.25) is 0 Å². The van der Waals surface area contributed by atoms with Crippen molar-refractivity contribution in [3.05, 3.63) is 64.1 Å². The quantitative estimate of drug-likeness (QED) is 0.582. The molecule has 7 heteroatoms. The summed E-state index contributed by atoms with van der Waals surface area (Å²) in [6.07, 6.45) is 1.26. The molecule has 1 aliphatic heterocycles. The van der Waals surface area contributed by atoms with Gasteiger partial charge in [0.05, 0.1) is 4.90 Å². The molecule has 1 saturated heterocycles. The summed E-state index contributed by atoms with van der Waals surface area (Å²) < 4.78 is 28.4. The Bertz CT molecular complexity index is 921. The number of piperazine rings is 1. The molecule has 0 saturated carbocycles. The van der Waals surface area contributed by atoms with Crippen LogP contribution in [0.1, 0.15) is 35.7 Å². The minimum Gasteiger partial charge on any atom is -0.296 e. The highest BCUT2D eigenvalue weighted by Crippen LogP contribution is 2.20. The number of carbonyl (C=O) groups excluding carboxylic acids is 1. The molecule has 0 bridgehead atoms. The molecule has 3 rings (SSSR count).